The maximum atomic E-state index is 11.3. The summed E-state index contributed by atoms with van der Waals surface area (Å²) >= 11 is 2.06. The van der Waals surface area contributed by atoms with Crippen molar-refractivity contribution in [1.82, 2.24) is 4.90 Å². The smallest absolute Gasteiger partial charge is 0.135 e. The zero-order chi connectivity index (χ0) is 12.4. The van der Waals surface area contributed by atoms with Crippen molar-refractivity contribution in [3.63, 3.8) is 0 Å². The van der Waals surface area contributed by atoms with Crippen molar-refractivity contribution in [2.24, 2.45) is 0 Å². The van der Waals surface area contributed by atoms with Gasteiger partial charge in [-0.1, -0.05) is 0 Å². The number of ketones is 1. The van der Waals surface area contributed by atoms with Crippen molar-refractivity contribution in [3.05, 3.63) is 0 Å². The Labute approximate surface area is 114 Å². The van der Waals surface area contributed by atoms with Crippen LogP contribution >= 0.6 is 11.8 Å². The molecule has 4 heteroatoms. The lowest BCUT2D eigenvalue weighted by Gasteiger charge is -2.47. The second-order valence-electron chi connectivity index (χ2n) is 5.87. The van der Waals surface area contributed by atoms with Crippen LogP contribution in [0.15, 0.2) is 0 Å². The van der Waals surface area contributed by atoms with Crippen LogP contribution in [0, 0.1) is 0 Å². The monoisotopic (exact) mass is 269 g/mol. The summed E-state index contributed by atoms with van der Waals surface area (Å²) in [5.74, 6) is 2.96. The van der Waals surface area contributed by atoms with Crippen LogP contribution < -0.4 is 0 Å². The zero-order valence-corrected chi connectivity index (χ0v) is 11.8. The van der Waals surface area contributed by atoms with Gasteiger partial charge in [0, 0.05) is 38.6 Å². The van der Waals surface area contributed by atoms with Crippen molar-refractivity contribution in [3.8, 4) is 0 Å². The first kappa shape index (κ1) is 12.9. The topological polar surface area (TPSA) is 29.5 Å². The summed E-state index contributed by atoms with van der Waals surface area (Å²) in [6.07, 6.45) is 6.33. The fraction of sp³-hybridized carbons (Fsp3) is 0.929. The number of carbonyl (C=O) groups is 1. The van der Waals surface area contributed by atoms with Gasteiger partial charge in [0.25, 0.3) is 0 Å². The molecule has 0 amide bonds. The standard InChI is InChI=1S/C14H23NO2S/c16-13-1-6-15(7-2-13)12-3-8-17-14(11-12)4-9-18-10-5-14/h12H,1-11H2. The molecule has 1 spiro atoms. The van der Waals surface area contributed by atoms with Crippen molar-refractivity contribution < 1.29 is 9.53 Å². The molecule has 3 rings (SSSR count). The highest BCUT2D eigenvalue weighted by molar-refractivity contribution is 7.99. The highest BCUT2D eigenvalue weighted by Crippen LogP contribution is 2.39. The van der Waals surface area contributed by atoms with Gasteiger partial charge in [-0.25, -0.2) is 0 Å². The number of hydrogen-bond donors (Lipinski definition) is 0. The Hall–Kier alpha value is -0.0600. The van der Waals surface area contributed by atoms with E-state index in [0.29, 0.717) is 11.8 Å². The molecule has 0 aromatic rings. The van der Waals surface area contributed by atoms with Gasteiger partial charge in [0.2, 0.25) is 0 Å². The van der Waals surface area contributed by atoms with E-state index in [0.717, 1.165) is 39.0 Å². The molecule has 0 aromatic heterocycles. The molecule has 1 atom stereocenters. The largest absolute Gasteiger partial charge is 0.375 e. The Bertz CT molecular complexity index is 299. The molecular formula is C14H23NO2S. The number of thioether (sulfide) groups is 1. The molecule has 3 heterocycles. The van der Waals surface area contributed by atoms with Gasteiger partial charge >= 0.3 is 0 Å². The molecule has 0 radical (unpaired) electrons. The SMILES string of the molecule is O=C1CCN(C2CCOC3(CCSCC3)C2)CC1. The third kappa shape index (κ3) is 2.75. The predicted molar refractivity (Wildman–Crippen MR) is 74.1 cm³/mol. The molecule has 1 unspecified atom stereocenters. The van der Waals surface area contributed by atoms with Gasteiger partial charge in [-0.15, -0.1) is 0 Å². The molecule has 102 valence electrons. The number of nitrogens with zero attached hydrogens (tertiary/aromatic N) is 1. The van der Waals surface area contributed by atoms with Crippen LogP contribution in [0.1, 0.15) is 38.5 Å². The average Bonchev–Trinajstić information content (AvgIpc) is 2.40. The van der Waals surface area contributed by atoms with E-state index in [-0.39, 0.29) is 5.60 Å². The summed E-state index contributed by atoms with van der Waals surface area (Å²) in [4.78, 5) is 13.9. The fourth-order valence-electron chi connectivity index (χ4n) is 3.54. The van der Waals surface area contributed by atoms with E-state index in [2.05, 4.69) is 16.7 Å². The third-order valence-electron chi connectivity index (χ3n) is 4.74. The number of Topliss-reactive ketones (excluding diaryl/α,β-unsaturated/α-hetero) is 1. The number of ether oxygens (including phenoxy) is 1. The van der Waals surface area contributed by atoms with Crippen LogP contribution in [-0.4, -0.2) is 53.5 Å². The minimum Gasteiger partial charge on any atom is -0.375 e. The summed E-state index contributed by atoms with van der Waals surface area (Å²) in [5, 5.41) is 0. The van der Waals surface area contributed by atoms with Crippen LogP contribution in [0.5, 0.6) is 0 Å². The number of rotatable bonds is 1. The Morgan fingerprint density at radius 2 is 1.94 bits per heavy atom. The number of hydrogen-bond acceptors (Lipinski definition) is 4. The van der Waals surface area contributed by atoms with Gasteiger partial charge in [0.1, 0.15) is 5.78 Å². The number of likely N-dealkylation sites (tertiary alicyclic amines) is 1. The first-order chi connectivity index (χ1) is 8.77. The highest BCUT2D eigenvalue weighted by Gasteiger charge is 2.40. The molecule has 3 saturated heterocycles. The van der Waals surface area contributed by atoms with Crippen LogP contribution in [0.3, 0.4) is 0 Å². The quantitative estimate of drug-likeness (QED) is 0.729. The fourth-order valence-corrected chi connectivity index (χ4v) is 4.78. The highest BCUT2D eigenvalue weighted by atomic mass is 32.2. The van der Waals surface area contributed by atoms with Crippen LogP contribution in [0.2, 0.25) is 0 Å². The van der Waals surface area contributed by atoms with Crippen molar-refractivity contribution in [2.45, 2.75) is 50.2 Å². The third-order valence-corrected chi connectivity index (χ3v) is 5.73. The summed E-state index contributed by atoms with van der Waals surface area (Å²) in [5.41, 5.74) is 0.176. The van der Waals surface area contributed by atoms with E-state index < -0.39 is 0 Å². The minimum atomic E-state index is 0.176. The van der Waals surface area contributed by atoms with E-state index in [9.17, 15) is 4.79 Å². The van der Waals surface area contributed by atoms with Crippen LogP contribution in [0.4, 0.5) is 0 Å². The molecule has 0 N–H and O–H groups in total. The molecule has 0 bridgehead atoms. The van der Waals surface area contributed by atoms with E-state index in [1.54, 1.807) is 0 Å². The van der Waals surface area contributed by atoms with Crippen LogP contribution in [-0.2, 0) is 9.53 Å². The molecule has 0 saturated carbocycles. The predicted octanol–water partition coefficient (Wildman–Crippen LogP) is 2.10. The van der Waals surface area contributed by atoms with Gasteiger partial charge < -0.3 is 4.74 Å². The summed E-state index contributed by atoms with van der Waals surface area (Å²) in [7, 11) is 0. The van der Waals surface area contributed by atoms with E-state index in [4.69, 9.17) is 4.74 Å². The molecule has 3 aliphatic heterocycles. The molecule has 3 fully saturated rings. The van der Waals surface area contributed by atoms with Gasteiger partial charge in [0.05, 0.1) is 5.60 Å². The lowest BCUT2D eigenvalue weighted by Crippen LogP contribution is -2.52. The Balaban J connectivity index is 1.61. The molecule has 0 aliphatic carbocycles. The first-order valence-electron chi connectivity index (χ1n) is 7.25. The van der Waals surface area contributed by atoms with Crippen molar-refractivity contribution in [2.75, 3.05) is 31.2 Å². The Morgan fingerprint density at radius 1 is 1.22 bits per heavy atom. The second kappa shape index (κ2) is 5.51. The van der Waals surface area contributed by atoms with Crippen molar-refractivity contribution in [1.29, 1.82) is 0 Å². The minimum absolute atomic E-state index is 0.176. The normalized spacial score (nSPS) is 33.8. The number of piperidine rings is 1. The van der Waals surface area contributed by atoms with Crippen LogP contribution in [0.25, 0.3) is 0 Å². The molecule has 3 nitrogen and oxygen atoms in total. The Kier molecular flexibility index (Phi) is 3.97. The molecule has 0 aromatic carbocycles. The average molecular weight is 269 g/mol. The molecular weight excluding hydrogens is 246 g/mol. The summed E-state index contributed by atoms with van der Waals surface area (Å²) in [6, 6.07) is 0.662. The summed E-state index contributed by atoms with van der Waals surface area (Å²) < 4.78 is 6.14. The maximum absolute atomic E-state index is 11.3. The molecule has 3 aliphatic rings. The number of carbonyl (C=O) groups excluding carboxylic acids is 1. The first-order valence-corrected chi connectivity index (χ1v) is 8.40. The second-order valence-corrected chi connectivity index (χ2v) is 7.09. The Morgan fingerprint density at radius 3 is 2.67 bits per heavy atom. The van der Waals surface area contributed by atoms with E-state index >= 15 is 0 Å². The van der Waals surface area contributed by atoms with E-state index in [1.807, 2.05) is 0 Å². The molecule has 18 heavy (non-hydrogen) atoms. The van der Waals surface area contributed by atoms with Gasteiger partial charge in [-0.05, 0) is 37.2 Å². The van der Waals surface area contributed by atoms with E-state index in [1.165, 1.54) is 30.8 Å². The maximum Gasteiger partial charge on any atom is 0.135 e. The lowest BCUT2D eigenvalue weighted by atomic mass is 9.84. The summed E-state index contributed by atoms with van der Waals surface area (Å²) in [6.45, 7) is 2.88. The van der Waals surface area contributed by atoms with Gasteiger partial charge in [0.15, 0.2) is 0 Å². The lowest BCUT2D eigenvalue weighted by molar-refractivity contribution is -0.127. The van der Waals surface area contributed by atoms with Crippen molar-refractivity contribution >= 4 is 17.5 Å². The van der Waals surface area contributed by atoms with Gasteiger partial charge in [-0.3, -0.25) is 9.69 Å². The zero-order valence-electron chi connectivity index (χ0n) is 11.0. The van der Waals surface area contributed by atoms with Gasteiger partial charge in [-0.2, -0.15) is 11.8 Å².